The molecule has 3 rings (SSSR count). The smallest absolute Gasteiger partial charge is 0.224 e. The zero-order chi connectivity index (χ0) is 13.4. The average molecular weight is 251 g/mol. The van der Waals surface area contributed by atoms with Crippen molar-refractivity contribution in [2.75, 3.05) is 18.6 Å². The molecule has 19 heavy (non-hydrogen) atoms. The molecule has 0 aliphatic carbocycles. The molecule has 0 amide bonds. The van der Waals surface area contributed by atoms with Gasteiger partial charge in [-0.05, 0) is 31.0 Å². The fourth-order valence-corrected chi connectivity index (χ4v) is 2.72. The lowest BCUT2D eigenvalue weighted by atomic mass is 10.0. The van der Waals surface area contributed by atoms with Gasteiger partial charge in [-0.2, -0.15) is 4.58 Å². The highest BCUT2D eigenvalue weighted by atomic mass is 15.3. The summed E-state index contributed by atoms with van der Waals surface area (Å²) >= 11 is 0. The summed E-state index contributed by atoms with van der Waals surface area (Å²) in [5.74, 6) is 0. The summed E-state index contributed by atoms with van der Waals surface area (Å²) in [6, 6.07) is 14.9. The summed E-state index contributed by atoms with van der Waals surface area (Å²) in [5.41, 5.74) is 6.61. The van der Waals surface area contributed by atoms with Crippen molar-refractivity contribution < 1.29 is 4.58 Å². The van der Waals surface area contributed by atoms with Gasteiger partial charge in [-0.3, -0.25) is 0 Å². The monoisotopic (exact) mass is 251 g/mol. The van der Waals surface area contributed by atoms with Gasteiger partial charge >= 0.3 is 0 Å². The van der Waals surface area contributed by atoms with E-state index >= 15 is 0 Å². The molecule has 2 aromatic carbocycles. The lowest BCUT2D eigenvalue weighted by Gasteiger charge is -2.26. The highest BCUT2D eigenvalue weighted by molar-refractivity contribution is 5.88. The minimum Gasteiger partial charge on any atom is -0.319 e. The van der Waals surface area contributed by atoms with Crippen molar-refractivity contribution in [2.45, 2.75) is 13.8 Å². The molecule has 0 atom stereocenters. The fourth-order valence-electron chi connectivity index (χ4n) is 2.72. The van der Waals surface area contributed by atoms with Gasteiger partial charge in [0, 0.05) is 19.2 Å². The fraction of sp³-hybridized carbons (Fsp3) is 0.235. The van der Waals surface area contributed by atoms with Crippen molar-refractivity contribution in [2.24, 2.45) is 0 Å². The van der Waals surface area contributed by atoms with Gasteiger partial charge in [0.15, 0.2) is 6.21 Å². The Labute approximate surface area is 114 Å². The Morgan fingerprint density at radius 2 is 1.74 bits per heavy atom. The lowest BCUT2D eigenvalue weighted by Crippen LogP contribution is -2.33. The van der Waals surface area contributed by atoms with Crippen LogP contribution in [-0.2, 0) is 0 Å². The van der Waals surface area contributed by atoms with Crippen molar-refractivity contribution in [1.82, 2.24) is 0 Å². The Hall–Kier alpha value is -2.09. The van der Waals surface area contributed by atoms with Gasteiger partial charge in [0.2, 0.25) is 12.4 Å². The third kappa shape index (κ3) is 2.03. The van der Waals surface area contributed by atoms with Crippen LogP contribution in [0.4, 0.5) is 11.4 Å². The molecule has 0 aromatic heterocycles. The van der Waals surface area contributed by atoms with Crippen LogP contribution < -0.4 is 4.90 Å². The normalized spacial score (nSPS) is 14.1. The third-order valence-corrected chi connectivity index (χ3v) is 3.86. The molecule has 0 radical (unpaired) electrons. The van der Waals surface area contributed by atoms with Crippen LogP contribution >= 0.6 is 0 Å². The van der Waals surface area contributed by atoms with Gasteiger partial charge in [0.25, 0.3) is 0 Å². The quantitative estimate of drug-likeness (QED) is 0.703. The van der Waals surface area contributed by atoms with Crippen LogP contribution in [0.15, 0.2) is 42.5 Å². The zero-order valence-electron chi connectivity index (χ0n) is 11.7. The summed E-state index contributed by atoms with van der Waals surface area (Å²) in [4.78, 5) is 2.32. The Morgan fingerprint density at radius 1 is 1.00 bits per heavy atom. The molecular weight excluding hydrogens is 232 g/mol. The van der Waals surface area contributed by atoms with Crippen LogP contribution in [-0.4, -0.2) is 24.5 Å². The number of aryl methyl sites for hydroxylation is 1. The summed E-state index contributed by atoms with van der Waals surface area (Å²) in [6.45, 7) is 5.27. The van der Waals surface area contributed by atoms with E-state index in [9.17, 15) is 0 Å². The standard InChI is InChI=1S/C17H19N2/c1-13-9-10-15-11-19(16-7-5-4-6-8-16)12-18(3)17(15)14(13)2/h4-11H,12H2,1-3H3/q+1. The first-order chi connectivity index (χ1) is 9.16. The van der Waals surface area contributed by atoms with E-state index in [-0.39, 0.29) is 0 Å². The van der Waals surface area contributed by atoms with Crippen molar-refractivity contribution in [3.63, 3.8) is 0 Å². The van der Waals surface area contributed by atoms with Crippen molar-refractivity contribution >= 4 is 17.6 Å². The lowest BCUT2D eigenvalue weighted by molar-refractivity contribution is -0.435. The second-order valence-corrected chi connectivity index (χ2v) is 5.22. The predicted molar refractivity (Wildman–Crippen MR) is 80.7 cm³/mol. The number of anilines is 1. The van der Waals surface area contributed by atoms with E-state index in [2.05, 4.69) is 79.0 Å². The van der Waals surface area contributed by atoms with Gasteiger partial charge in [-0.25, -0.2) is 0 Å². The Kier molecular flexibility index (Phi) is 2.86. The second kappa shape index (κ2) is 4.54. The van der Waals surface area contributed by atoms with E-state index in [0.29, 0.717) is 0 Å². The number of fused-ring (bicyclic) bond motifs is 1. The molecule has 2 heteroatoms. The first kappa shape index (κ1) is 12.0. The van der Waals surface area contributed by atoms with Crippen molar-refractivity contribution in [3.8, 4) is 0 Å². The van der Waals surface area contributed by atoms with Gasteiger partial charge in [-0.1, -0.05) is 24.3 Å². The van der Waals surface area contributed by atoms with Crippen LogP contribution in [0.2, 0.25) is 0 Å². The average Bonchev–Trinajstić information content (AvgIpc) is 2.43. The van der Waals surface area contributed by atoms with E-state index < -0.39 is 0 Å². The van der Waals surface area contributed by atoms with E-state index in [0.717, 1.165) is 6.67 Å². The third-order valence-electron chi connectivity index (χ3n) is 3.86. The van der Waals surface area contributed by atoms with Crippen molar-refractivity contribution in [1.29, 1.82) is 0 Å². The molecule has 96 valence electrons. The highest BCUT2D eigenvalue weighted by Crippen LogP contribution is 2.29. The van der Waals surface area contributed by atoms with Crippen molar-refractivity contribution in [3.05, 3.63) is 59.2 Å². The van der Waals surface area contributed by atoms with E-state index in [1.54, 1.807) is 0 Å². The zero-order valence-corrected chi connectivity index (χ0v) is 11.7. The number of hydrogen-bond acceptors (Lipinski definition) is 1. The largest absolute Gasteiger partial charge is 0.319 e. The molecule has 1 heterocycles. The van der Waals surface area contributed by atoms with Gasteiger partial charge < -0.3 is 4.90 Å². The molecule has 0 spiro atoms. The molecule has 0 saturated carbocycles. The predicted octanol–water partition coefficient (Wildman–Crippen LogP) is 3.47. The van der Waals surface area contributed by atoms with Crippen LogP contribution in [0, 0.1) is 13.8 Å². The van der Waals surface area contributed by atoms with Crippen LogP contribution in [0.1, 0.15) is 16.7 Å². The molecule has 0 bridgehead atoms. The summed E-state index contributed by atoms with van der Waals surface area (Å²) < 4.78 is 2.29. The molecule has 0 unspecified atom stereocenters. The second-order valence-electron chi connectivity index (χ2n) is 5.22. The Balaban J connectivity index is 2.13. The van der Waals surface area contributed by atoms with E-state index in [1.165, 1.54) is 28.1 Å². The number of hydrogen-bond donors (Lipinski definition) is 0. The van der Waals surface area contributed by atoms with Crippen LogP contribution in [0.25, 0.3) is 0 Å². The van der Waals surface area contributed by atoms with Crippen LogP contribution in [0.5, 0.6) is 0 Å². The minimum atomic E-state index is 0.890. The number of para-hydroxylation sites is 1. The minimum absolute atomic E-state index is 0.890. The number of rotatable bonds is 1. The first-order valence-corrected chi connectivity index (χ1v) is 6.65. The topological polar surface area (TPSA) is 6.25 Å². The number of nitrogens with zero attached hydrogens (tertiary/aromatic N) is 2. The molecule has 0 saturated heterocycles. The van der Waals surface area contributed by atoms with Crippen LogP contribution in [0.3, 0.4) is 0 Å². The molecule has 1 aliphatic heterocycles. The van der Waals surface area contributed by atoms with Gasteiger partial charge in [0.1, 0.15) is 0 Å². The summed E-state index contributed by atoms with van der Waals surface area (Å²) in [6.07, 6.45) is 2.25. The summed E-state index contributed by atoms with van der Waals surface area (Å²) in [5, 5.41) is 0. The maximum atomic E-state index is 2.32. The Bertz CT molecular complexity index is 642. The molecule has 2 nitrogen and oxygen atoms in total. The maximum Gasteiger partial charge on any atom is 0.224 e. The van der Waals surface area contributed by atoms with Gasteiger partial charge in [-0.15, -0.1) is 0 Å². The molecule has 1 aliphatic rings. The first-order valence-electron chi connectivity index (χ1n) is 6.65. The molecule has 0 fully saturated rings. The molecule has 2 aromatic rings. The maximum absolute atomic E-state index is 2.32. The van der Waals surface area contributed by atoms with Gasteiger partial charge in [0.05, 0.1) is 11.3 Å². The van der Waals surface area contributed by atoms with E-state index in [1.807, 2.05) is 0 Å². The SMILES string of the molecule is Cc1ccc2c(c1C)N(C)C[N+](c1ccccc1)=C2. The number of benzene rings is 2. The Morgan fingerprint density at radius 3 is 2.47 bits per heavy atom. The molecule has 0 N–H and O–H groups in total. The van der Waals surface area contributed by atoms with E-state index in [4.69, 9.17) is 0 Å². The highest BCUT2D eigenvalue weighted by Gasteiger charge is 2.23. The molecular formula is C17H19N2+. The summed E-state index contributed by atoms with van der Waals surface area (Å²) in [7, 11) is 2.16.